The third-order valence-corrected chi connectivity index (χ3v) is 2.50. The van der Waals surface area contributed by atoms with E-state index in [4.69, 9.17) is 14.2 Å². The fraction of sp³-hybridized carbons (Fsp3) is 0.429. The minimum Gasteiger partial charge on any atom is -0.493 e. The number of ether oxygens (including phenoxy) is 3. The molecule has 0 saturated heterocycles. The first-order valence-corrected chi connectivity index (χ1v) is 5.91. The van der Waals surface area contributed by atoms with Crippen LogP contribution in [0.2, 0.25) is 0 Å². The molecule has 1 radical (unpaired) electrons. The van der Waals surface area contributed by atoms with E-state index in [9.17, 15) is 4.79 Å². The lowest BCUT2D eigenvalue weighted by Gasteiger charge is -2.09. The van der Waals surface area contributed by atoms with Gasteiger partial charge >= 0.3 is 5.97 Å². The second kappa shape index (κ2) is 7.58. The molecular weight excluding hydrogens is 232 g/mol. The smallest absolute Gasteiger partial charge is 0.338 e. The molecular formula is C14H19O4. The highest BCUT2D eigenvalue weighted by atomic mass is 16.5. The second-order valence-corrected chi connectivity index (χ2v) is 3.77. The minimum atomic E-state index is -0.347. The molecule has 1 rings (SSSR count). The first-order chi connectivity index (χ1) is 8.72. The number of hydrogen-bond donors (Lipinski definition) is 0. The molecule has 4 heteroatoms. The van der Waals surface area contributed by atoms with Gasteiger partial charge < -0.3 is 14.2 Å². The molecule has 0 atom stereocenters. The second-order valence-electron chi connectivity index (χ2n) is 3.77. The molecule has 99 valence electrons. The Balaban J connectivity index is 2.62. The van der Waals surface area contributed by atoms with E-state index in [0.29, 0.717) is 23.7 Å². The highest BCUT2D eigenvalue weighted by Gasteiger charge is 2.11. The van der Waals surface area contributed by atoms with E-state index in [1.54, 1.807) is 25.3 Å². The number of carbonyl (C=O) groups excluding carboxylic acids is 1. The van der Waals surface area contributed by atoms with Gasteiger partial charge in [0.1, 0.15) is 0 Å². The van der Waals surface area contributed by atoms with Crippen LogP contribution in [0, 0.1) is 6.92 Å². The summed E-state index contributed by atoms with van der Waals surface area (Å²) in [5, 5.41) is 0. The lowest BCUT2D eigenvalue weighted by Crippen LogP contribution is -2.07. The summed E-state index contributed by atoms with van der Waals surface area (Å²) < 4.78 is 15.4. The molecule has 0 amide bonds. The summed E-state index contributed by atoms with van der Waals surface area (Å²) in [6.45, 7) is 4.15. The van der Waals surface area contributed by atoms with E-state index < -0.39 is 0 Å². The van der Waals surface area contributed by atoms with Crippen molar-refractivity contribution in [3.05, 3.63) is 30.7 Å². The average molecular weight is 251 g/mol. The van der Waals surface area contributed by atoms with Crippen LogP contribution in [0.15, 0.2) is 18.2 Å². The van der Waals surface area contributed by atoms with Crippen LogP contribution in [-0.4, -0.2) is 26.8 Å². The average Bonchev–Trinajstić information content (AvgIpc) is 2.42. The fourth-order valence-electron chi connectivity index (χ4n) is 1.49. The largest absolute Gasteiger partial charge is 0.493 e. The Kier molecular flexibility index (Phi) is 6.05. The van der Waals surface area contributed by atoms with Gasteiger partial charge in [0.2, 0.25) is 0 Å². The van der Waals surface area contributed by atoms with Gasteiger partial charge in [0.15, 0.2) is 11.5 Å². The molecule has 0 unspecified atom stereocenters. The number of carbonyl (C=O) groups is 1. The van der Waals surface area contributed by atoms with Crippen molar-refractivity contribution in [3.8, 4) is 11.5 Å². The van der Waals surface area contributed by atoms with Gasteiger partial charge in [-0.3, -0.25) is 0 Å². The normalized spacial score (nSPS) is 9.94. The summed E-state index contributed by atoms with van der Waals surface area (Å²) >= 11 is 0. The van der Waals surface area contributed by atoms with E-state index in [1.807, 2.05) is 0 Å². The van der Waals surface area contributed by atoms with Crippen LogP contribution in [0.4, 0.5) is 0 Å². The maximum atomic E-state index is 11.7. The van der Waals surface area contributed by atoms with Crippen LogP contribution in [0.3, 0.4) is 0 Å². The van der Waals surface area contributed by atoms with E-state index >= 15 is 0 Å². The van der Waals surface area contributed by atoms with Gasteiger partial charge in [0.05, 0.1) is 26.4 Å². The van der Waals surface area contributed by atoms with Gasteiger partial charge in [-0.25, -0.2) is 4.79 Å². The zero-order chi connectivity index (χ0) is 13.4. The molecule has 0 aliphatic rings. The Morgan fingerprint density at radius 1 is 1.17 bits per heavy atom. The van der Waals surface area contributed by atoms with Crippen LogP contribution >= 0.6 is 0 Å². The lowest BCUT2D eigenvalue weighted by atomic mass is 10.2. The van der Waals surface area contributed by atoms with Gasteiger partial charge in [-0.05, 0) is 24.6 Å². The predicted molar refractivity (Wildman–Crippen MR) is 69.0 cm³/mol. The Bertz CT molecular complexity index is 387. The molecule has 1 aromatic rings. The van der Waals surface area contributed by atoms with E-state index in [-0.39, 0.29) is 5.97 Å². The van der Waals surface area contributed by atoms with Crippen LogP contribution in [-0.2, 0) is 4.74 Å². The number of methoxy groups -OCH3 is 2. The van der Waals surface area contributed by atoms with Gasteiger partial charge in [0.25, 0.3) is 0 Å². The maximum Gasteiger partial charge on any atom is 0.338 e. The summed E-state index contributed by atoms with van der Waals surface area (Å²) in [5.74, 6) is 0.760. The van der Waals surface area contributed by atoms with Gasteiger partial charge in [-0.1, -0.05) is 19.8 Å². The fourth-order valence-corrected chi connectivity index (χ4v) is 1.49. The molecule has 0 aromatic heterocycles. The minimum absolute atomic E-state index is 0.347. The van der Waals surface area contributed by atoms with Crippen molar-refractivity contribution in [3.63, 3.8) is 0 Å². The van der Waals surface area contributed by atoms with Crippen LogP contribution in [0.5, 0.6) is 11.5 Å². The van der Waals surface area contributed by atoms with Crippen molar-refractivity contribution in [1.82, 2.24) is 0 Å². The molecule has 0 bridgehead atoms. The number of esters is 1. The summed E-state index contributed by atoms with van der Waals surface area (Å²) in [6, 6.07) is 4.96. The monoisotopic (exact) mass is 251 g/mol. The molecule has 0 fully saturated rings. The zero-order valence-corrected chi connectivity index (χ0v) is 10.9. The van der Waals surface area contributed by atoms with Gasteiger partial charge in [-0.2, -0.15) is 0 Å². The van der Waals surface area contributed by atoms with Crippen molar-refractivity contribution in [1.29, 1.82) is 0 Å². The van der Waals surface area contributed by atoms with Crippen molar-refractivity contribution >= 4 is 5.97 Å². The summed E-state index contributed by atoms with van der Waals surface area (Å²) in [5.41, 5.74) is 0.460. The van der Waals surface area contributed by atoms with Crippen molar-refractivity contribution in [2.45, 2.75) is 19.3 Å². The standard InChI is InChI=1S/C14H19O4/c1-4-5-6-9-18-14(15)11-7-8-12(16-2)13(10-11)17-3/h7-8,10H,1,4-6,9H2,2-3H3. The summed E-state index contributed by atoms with van der Waals surface area (Å²) in [6.07, 6.45) is 2.65. The molecule has 0 N–H and O–H groups in total. The molecule has 0 aliphatic carbocycles. The number of unbranched alkanes of at least 4 members (excludes halogenated alkanes) is 2. The molecule has 0 saturated carbocycles. The van der Waals surface area contributed by atoms with Crippen LogP contribution in [0.1, 0.15) is 29.6 Å². The first kappa shape index (κ1) is 14.4. The maximum absolute atomic E-state index is 11.7. The molecule has 4 nitrogen and oxygen atoms in total. The summed E-state index contributed by atoms with van der Waals surface area (Å²) in [4.78, 5) is 11.7. The molecule has 1 aromatic carbocycles. The van der Waals surface area contributed by atoms with E-state index in [2.05, 4.69) is 6.92 Å². The van der Waals surface area contributed by atoms with E-state index in [1.165, 1.54) is 7.11 Å². The molecule has 18 heavy (non-hydrogen) atoms. The topological polar surface area (TPSA) is 44.8 Å². The SMILES string of the molecule is [CH2]CCCCOC(=O)c1ccc(OC)c(OC)c1. The zero-order valence-electron chi connectivity index (χ0n) is 10.9. The quantitative estimate of drug-likeness (QED) is 0.552. The summed E-state index contributed by atoms with van der Waals surface area (Å²) in [7, 11) is 3.08. The Morgan fingerprint density at radius 2 is 1.89 bits per heavy atom. The van der Waals surface area contributed by atoms with Crippen molar-refractivity contribution in [2.24, 2.45) is 0 Å². The van der Waals surface area contributed by atoms with Crippen LogP contribution in [0.25, 0.3) is 0 Å². The Labute approximate surface area is 108 Å². The van der Waals surface area contributed by atoms with Gasteiger partial charge in [0, 0.05) is 0 Å². The van der Waals surface area contributed by atoms with Gasteiger partial charge in [-0.15, -0.1) is 0 Å². The number of benzene rings is 1. The lowest BCUT2D eigenvalue weighted by molar-refractivity contribution is 0.0498. The Morgan fingerprint density at radius 3 is 2.50 bits per heavy atom. The van der Waals surface area contributed by atoms with Crippen molar-refractivity contribution in [2.75, 3.05) is 20.8 Å². The molecule has 0 spiro atoms. The number of hydrogen-bond acceptors (Lipinski definition) is 4. The number of rotatable bonds is 7. The third-order valence-electron chi connectivity index (χ3n) is 2.50. The predicted octanol–water partition coefficient (Wildman–Crippen LogP) is 2.86. The van der Waals surface area contributed by atoms with Crippen LogP contribution < -0.4 is 9.47 Å². The first-order valence-electron chi connectivity index (χ1n) is 5.91. The Hall–Kier alpha value is -1.71. The molecule has 0 heterocycles. The third kappa shape index (κ3) is 3.95. The molecule has 0 aliphatic heterocycles. The highest BCUT2D eigenvalue weighted by Crippen LogP contribution is 2.27. The van der Waals surface area contributed by atoms with E-state index in [0.717, 1.165) is 19.3 Å². The van der Waals surface area contributed by atoms with Crippen molar-refractivity contribution < 1.29 is 19.0 Å². The highest BCUT2D eigenvalue weighted by molar-refractivity contribution is 5.90.